The summed E-state index contributed by atoms with van der Waals surface area (Å²) in [5.74, 6) is -0.262. The summed E-state index contributed by atoms with van der Waals surface area (Å²) in [4.78, 5) is 0. The van der Waals surface area contributed by atoms with E-state index in [0.717, 1.165) is 19.3 Å². The van der Waals surface area contributed by atoms with Crippen LogP contribution in [0.15, 0.2) is 16.6 Å². The zero-order valence-electron chi connectivity index (χ0n) is 11.3. The smallest absolute Gasteiger partial charge is 0.143 e. The van der Waals surface area contributed by atoms with Crippen LogP contribution < -0.4 is 5.73 Å². The van der Waals surface area contributed by atoms with E-state index in [2.05, 4.69) is 29.8 Å². The summed E-state index contributed by atoms with van der Waals surface area (Å²) < 4.78 is 28.2. The maximum Gasteiger partial charge on any atom is 0.143 e. The van der Waals surface area contributed by atoms with Crippen molar-refractivity contribution >= 4 is 15.9 Å². The van der Waals surface area contributed by atoms with Crippen LogP contribution in [0.5, 0.6) is 0 Å². The van der Waals surface area contributed by atoms with E-state index in [0.29, 0.717) is 10.4 Å². The first-order chi connectivity index (χ1) is 8.85. The van der Waals surface area contributed by atoms with Gasteiger partial charge in [-0.05, 0) is 52.7 Å². The van der Waals surface area contributed by atoms with E-state index in [4.69, 9.17) is 5.73 Å². The monoisotopic (exact) mass is 331 g/mol. The van der Waals surface area contributed by atoms with Gasteiger partial charge in [-0.1, -0.05) is 26.7 Å². The Morgan fingerprint density at radius 3 is 2.74 bits per heavy atom. The third-order valence-electron chi connectivity index (χ3n) is 4.71. The molecule has 2 rings (SSSR count). The molecule has 0 heterocycles. The third-order valence-corrected chi connectivity index (χ3v) is 5.32. The molecule has 1 saturated carbocycles. The molecule has 1 aromatic carbocycles. The molecule has 0 aliphatic heterocycles. The van der Waals surface area contributed by atoms with E-state index in [-0.39, 0.29) is 17.9 Å². The van der Waals surface area contributed by atoms with Crippen molar-refractivity contribution in [2.75, 3.05) is 0 Å². The standard InChI is InChI=1S/C15H20BrF2N/c1-9-4-3-7-15(19,10(9)2)8-11-13(17)6-5-12(16)14(11)18/h5-6,9-10H,3-4,7-8,19H2,1-2H3. The Kier molecular flexibility index (Phi) is 4.31. The minimum absolute atomic E-state index is 0.109. The van der Waals surface area contributed by atoms with Crippen LogP contribution in [0.3, 0.4) is 0 Å². The van der Waals surface area contributed by atoms with Gasteiger partial charge >= 0.3 is 0 Å². The molecule has 0 amide bonds. The summed E-state index contributed by atoms with van der Waals surface area (Å²) >= 11 is 3.11. The van der Waals surface area contributed by atoms with Crippen molar-refractivity contribution < 1.29 is 8.78 Å². The van der Waals surface area contributed by atoms with Gasteiger partial charge in [0.15, 0.2) is 0 Å². The minimum atomic E-state index is -0.518. The molecule has 1 aliphatic rings. The SMILES string of the molecule is CC1CCCC(N)(Cc2c(F)ccc(Br)c2F)C1C. The summed E-state index contributed by atoms with van der Waals surface area (Å²) in [5, 5.41) is 0. The topological polar surface area (TPSA) is 26.0 Å². The maximum atomic E-state index is 14.1. The second-order valence-corrected chi connectivity index (χ2v) is 6.74. The lowest BCUT2D eigenvalue weighted by Crippen LogP contribution is -2.52. The van der Waals surface area contributed by atoms with Crippen LogP contribution in [0.25, 0.3) is 0 Å². The largest absolute Gasteiger partial charge is 0.325 e. The molecule has 0 radical (unpaired) electrons. The van der Waals surface area contributed by atoms with Crippen LogP contribution in [-0.2, 0) is 6.42 Å². The highest BCUT2D eigenvalue weighted by Gasteiger charge is 2.39. The highest BCUT2D eigenvalue weighted by molar-refractivity contribution is 9.10. The molecule has 0 bridgehead atoms. The van der Waals surface area contributed by atoms with Crippen molar-refractivity contribution in [3.63, 3.8) is 0 Å². The Balaban J connectivity index is 2.32. The molecule has 106 valence electrons. The van der Waals surface area contributed by atoms with Crippen LogP contribution in [0.4, 0.5) is 8.78 Å². The molecule has 19 heavy (non-hydrogen) atoms. The fourth-order valence-corrected chi connectivity index (χ4v) is 3.48. The minimum Gasteiger partial charge on any atom is -0.325 e. The van der Waals surface area contributed by atoms with E-state index in [1.807, 2.05) is 0 Å². The van der Waals surface area contributed by atoms with Crippen LogP contribution in [0, 0.1) is 23.5 Å². The first-order valence-corrected chi connectivity index (χ1v) is 7.55. The molecule has 4 heteroatoms. The molecule has 2 N–H and O–H groups in total. The van der Waals surface area contributed by atoms with Crippen molar-refractivity contribution in [2.45, 2.75) is 45.1 Å². The van der Waals surface area contributed by atoms with Crippen LogP contribution >= 0.6 is 15.9 Å². The van der Waals surface area contributed by atoms with Crippen LogP contribution in [0.2, 0.25) is 0 Å². The molecule has 1 nitrogen and oxygen atoms in total. The van der Waals surface area contributed by atoms with Gasteiger partial charge in [0.1, 0.15) is 11.6 Å². The van der Waals surface area contributed by atoms with E-state index in [9.17, 15) is 8.78 Å². The van der Waals surface area contributed by atoms with Gasteiger partial charge in [-0.25, -0.2) is 8.78 Å². The predicted octanol–water partition coefficient (Wildman–Crippen LogP) is 4.42. The van der Waals surface area contributed by atoms with Crippen molar-refractivity contribution in [2.24, 2.45) is 17.6 Å². The quantitative estimate of drug-likeness (QED) is 0.797. The molecule has 1 aliphatic carbocycles. The zero-order chi connectivity index (χ0) is 14.2. The Labute approximate surface area is 121 Å². The second-order valence-electron chi connectivity index (χ2n) is 5.89. The van der Waals surface area contributed by atoms with E-state index >= 15 is 0 Å². The van der Waals surface area contributed by atoms with Gasteiger partial charge in [0.25, 0.3) is 0 Å². The number of halogens is 3. The molecule has 0 aromatic heterocycles. The lowest BCUT2D eigenvalue weighted by Gasteiger charge is -2.43. The second kappa shape index (κ2) is 5.49. The molecule has 3 atom stereocenters. The molecule has 1 fully saturated rings. The zero-order valence-corrected chi connectivity index (χ0v) is 12.9. The van der Waals surface area contributed by atoms with Gasteiger partial charge in [-0.15, -0.1) is 0 Å². The molecule has 3 unspecified atom stereocenters. The highest BCUT2D eigenvalue weighted by Crippen LogP contribution is 2.39. The fourth-order valence-electron chi connectivity index (χ4n) is 3.11. The van der Waals surface area contributed by atoms with E-state index in [1.165, 1.54) is 12.1 Å². The van der Waals surface area contributed by atoms with E-state index < -0.39 is 17.2 Å². The first-order valence-electron chi connectivity index (χ1n) is 6.76. The Hall–Kier alpha value is -0.480. The number of rotatable bonds is 2. The lowest BCUT2D eigenvalue weighted by molar-refractivity contribution is 0.141. The summed E-state index contributed by atoms with van der Waals surface area (Å²) in [6.45, 7) is 4.26. The summed E-state index contributed by atoms with van der Waals surface area (Å²) in [6, 6.07) is 2.69. The summed E-state index contributed by atoms with van der Waals surface area (Å²) in [5.41, 5.74) is 6.06. The average molecular weight is 332 g/mol. The molecule has 0 saturated heterocycles. The molecular weight excluding hydrogens is 312 g/mol. The molecule has 1 aromatic rings. The van der Waals surface area contributed by atoms with E-state index in [1.54, 1.807) is 0 Å². The van der Waals surface area contributed by atoms with Gasteiger partial charge in [-0.2, -0.15) is 0 Å². The maximum absolute atomic E-state index is 14.1. The first kappa shape index (κ1) is 14.9. The Morgan fingerprint density at radius 1 is 1.37 bits per heavy atom. The van der Waals surface area contributed by atoms with Crippen molar-refractivity contribution in [1.82, 2.24) is 0 Å². The van der Waals surface area contributed by atoms with Crippen molar-refractivity contribution in [3.8, 4) is 0 Å². The van der Waals surface area contributed by atoms with Crippen LogP contribution in [-0.4, -0.2) is 5.54 Å². The number of nitrogens with two attached hydrogens (primary N) is 1. The molecule has 0 spiro atoms. The van der Waals surface area contributed by atoms with Crippen LogP contribution in [0.1, 0.15) is 38.7 Å². The number of benzene rings is 1. The predicted molar refractivity (Wildman–Crippen MR) is 76.9 cm³/mol. The normalized spacial score (nSPS) is 31.5. The van der Waals surface area contributed by atoms with Gasteiger partial charge in [0.2, 0.25) is 0 Å². The Morgan fingerprint density at radius 2 is 2.05 bits per heavy atom. The van der Waals surface area contributed by atoms with Crippen molar-refractivity contribution in [3.05, 3.63) is 33.8 Å². The Bertz CT molecular complexity index is 477. The van der Waals surface area contributed by atoms with Crippen molar-refractivity contribution in [1.29, 1.82) is 0 Å². The van der Waals surface area contributed by atoms with Gasteiger partial charge in [0, 0.05) is 11.1 Å². The lowest BCUT2D eigenvalue weighted by atomic mass is 9.66. The summed E-state index contributed by atoms with van der Waals surface area (Å²) in [6.07, 6.45) is 3.25. The number of hydrogen-bond acceptors (Lipinski definition) is 1. The van der Waals surface area contributed by atoms with Gasteiger partial charge in [-0.3, -0.25) is 0 Å². The highest BCUT2D eigenvalue weighted by atomic mass is 79.9. The summed E-state index contributed by atoms with van der Waals surface area (Å²) in [7, 11) is 0. The van der Waals surface area contributed by atoms with Gasteiger partial charge < -0.3 is 5.73 Å². The number of hydrogen-bond donors (Lipinski definition) is 1. The van der Waals surface area contributed by atoms with Gasteiger partial charge in [0.05, 0.1) is 4.47 Å². The average Bonchev–Trinajstić information content (AvgIpc) is 2.37. The third kappa shape index (κ3) is 2.84. The molecular formula is C15H20BrF2N. The fraction of sp³-hybridized carbons (Fsp3) is 0.600.